The van der Waals surface area contributed by atoms with Crippen LogP contribution in [0.2, 0.25) is 10.0 Å². The first-order valence-electron chi connectivity index (χ1n) is 5.24. The van der Waals surface area contributed by atoms with Gasteiger partial charge in [-0.05, 0) is 31.5 Å². The van der Waals surface area contributed by atoms with E-state index in [1.165, 1.54) is 0 Å². The van der Waals surface area contributed by atoms with Crippen molar-refractivity contribution in [2.45, 2.75) is 19.4 Å². The molecular formula is C11H15Cl2N3O. The van der Waals surface area contributed by atoms with Gasteiger partial charge in [-0.3, -0.25) is 0 Å². The Hall–Kier alpha value is -0.970. The number of anilines is 1. The minimum Gasteiger partial charge on any atom is -0.338 e. The number of benzene rings is 1. The molecule has 0 aromatic heterocycles. The van der Waals surface area contributed by atoms with Crippen molar-refractivity contribution in [3.8, 4) is 0 Å². The quantitative estimate of drug-likeness (QED) is 0.791. The summed E-state index contributed by atoms with van der Waals surface area (Å²) in [6.07, 6.45) is 0.719. The highest BCUT2D eigenvalue weighted by atomic mass is 35.5. The number of nitrogens with two attached hydrogens (primary N) is 1. The van der Waals surface area contributed by atoms with Crippen molar-refractivity contribution in [3.05, 3.63) is 28.2 Å². The lowest BCUT2D eigenvalue weighted by molar-refractivity contribution is 0.252. The summed E-state index contributed by atoms with van der Waals surface area (Å²) >= 11 is 11.7. The first kappa shape index (κ1) is 14.1. The highest BCUT2D eigenvalue weighted by molar-refractivity contribution is 6.35. The maximum Gasteiger partial charge on any atom is 0.319 e. The number of carbonyl (C=O) groups is 1. The maximum absolute atomic E-state index is 11.5. The highest BCUT2D eigenvalue weighted by Crippen LogP contribution is 2.25. The molecule has 1 atom stereocenters. The van der Waals surface area contributed by atoms with Crippen LogP contribution in [-0.2, 0) is 0 Å². The van der Waals surface area contributed by atoms with Gasteiger partial charge in [-0.15, -0.1) is 0 Å². The molecule has 17 heavy (non-hydrogen) atoms. The Morgan fingerprint density at radius 3 is 2.82 bits per heavy atom. The smallest absolute Gasteiger partial charge is 0.319 e. The number of halogens is 2. The van der Waals surface area contributed by atoms with Crippen molar-refractivity contribution in [1.82, 2.24) is 5.32 Å². The fraction of sp³-hybridized carbons (Fsp3) is 0.364. The lowest BCUT2D eigenvalue weighted by atomic mass is 10.2. The Kier molecular flexibility index (Phi) is 5.55. The van der Waals surface area contributed by atoms with Gasteiger partial charge in [-0.2, -0.15) is 0 Å². The van der Waals surface area contributed by atoms with Gasteiger partial charge in [0.25, 0.3) is 0 Å². The van der Waals surface area contributed by atoms with E-state index in [2.05, 4.69) is 10.6 Å². The van der Waals surface area contributed by atoms with Crippen LogP contribution >= 0.6 is 23.2 Å². The summed E-state index contributed by atoms with van der Waals surface area (Å²) in [4.78, 5) is 11.5. The fourth-order valence-corrected chi connectivity index (χ4v) is 1.51. The number of hydrogen-bond donors (Lipinski definition) is 3. The summed E-state index contributed by atoms with van der Waals surface area (Å²) < 4.78 is 0. The molecule has 4 nitrogen and oxygen atoms in total. The van der Waals surface area contributed by atoms with Gasteiger partial charge in [0.1, 0.15) is 0 Å². The van der Waals surface area contributed by atoms with Gasteiger partial charge in [0.15, 0.2) is 0 Å². The van der Waals surface area contributed by atoms with Crippen LogP contribution in [0.1, 0.15) is 13.3 Å². The van der Waals surface area contributed by atoms with E-state index in [1.807, 2.05) is 6.92 Å². The van der Waals surface area contributed by atoms with Gasteiger partial charge in [0, 0.05) is 17.6 Å². The van der Waals surface area contributed by atoms with Crippen LogP contribution in [-0.4, -0.2) is 18.6 Å². The Morgan fingerprint density at radius 1 is 1.47 bits per heavy atom. The number of urea groups is 1. The van der Waals surface area contributed by atoms with E-state index >= 15 is 0 Å². The Labute approximate surface area is 110 Å². The predicted octanol–water partition coefficient (Wildman–Crippen LogP) is 2.85. The van der Waals surface area contributed by atoms with Gasteiger partial charge in [0.2, 0.25) is 0 Å². The SMILES string of the molecule is CC(N)CCNC(=O)Nc1cc(Cl)ccc1Cl. The molecule has 94 valence electrons. The summed E-state index contributed by atoms with van der Waals surface area (Å²) in [6, 6.07) is 4.61. The zero-order chi connectivity index (χ0) is 12.8. The van der Waals surface area contributed by atoms with Crippen LogP contribution in [0.4, 0.5) is 10.5 Å². The zero-order valence-corrected chi connectivity index (χ0v) is 11.0. The van der Waals surface area contributed by atoms with Gasteiger partial charge < -0.3 is 16.4 Å². The minimum absolute atomic E-state index is 0.0602. The number of hydrogen-bond acceptors (Lipinski definition) is 2. The first-order chi connectivity index (χ1) is 7.99. The van der Waals surface area contributed by atoms with E-state index in [0.717, 1.165) is 6.42 Å². The summed E-state index contributed by atoms with van der Waals surface area (Å²) in [5, 5.41) is 6.25. The molecule has 0 aliphatic carbocycles. The molecule has 0 bridgehead atoms. The standard InChI is InChI=1S/C11H15Cl2N3O/c1-7(14)4-5-15-11(17)16-10-6-8(12)2-3-9(10)13/h2-3,6-7H,4-5,14H2,1H3,(H2,15,16,17). The molecule has 0 aliphatic rings. The summed E-state index contributed by atoms with van der Waals surface area (Å²) in [7, 11) is 0. The fourth-order valence-electron chi connectivity index (χ4n) is 1.17. The normalized spacial score (nSPS) is 12.0. The Morgan fingerprint density at radius 2 is 2.18 bits per heavy atom. The van der Waals surface area contributed by atoms with Gasteiger partial charge in [-0.1, -0.05) is 23.2 Å². The molecule has 0 radical (unpaired) electrons. The van der Waals surface area contributed by atoms with Crippen LogP contribution in [0, 0.1) is 0 Å². The Balaban J connectivity index is 2.47. The molecule has 4 N–H and O–H groups in total. The molecule has 1 aromatic rings. The second-order valence-electron chi connectivity index (χ2n) is 3.77. The van der Waals surface area contributed by atoms with Crippen LogP contribution < -0.4 is 16.4 Å². The minimum atomic E-state index is -0.324. The molecule has 6 heteroatoms. The summed E-state index contributed by atoms with van der Waals surface area (Å²) in [5.41, 5.74) is 6.05. The molecule has 2 amide bonds. The summed E-state index contributed by atoms with van der Waals surface area (Å²) in [5.74, 6) is 0. The average molecular weight is 276 g/mol. The number of nitrogens with one attached hydrogen (secondary N) is 2. The maximum atomic E-state index is 11.5. The molecular weight excluding hydrogens is 261 g/mol. The van der Waals surface area contributed by atoms with Gasteiger partial charge in [0.05, 0.1) is 10.7 Å². The van der Waals surface area contributed by atoms with E-state index < -0.39 is 0 Å². The predicted molar refractivity (Wildman–Crippen MR) is 71.7 cm³/mol. The summed E-state index contributed by atoms with van der Waals surface area (Å²) in [6.45, 7) is 2.40. The van der Waals surface area contributed by atoms with Crippen molar-refractivity contribution in [2.75, 3.05) is 11.9 Å². The van der Waals surface area contributed by atoms with E-state index in [1.54, 1.807) is 18.2 Å². The van der Waals surface area contributed by atoms with Crippen LogP contribution in [0.25, 0.3) is 0 Å². The molecule has 0 fully saturated rings. The number of rotatable bonds is 4. The average Bonchev–Trinajstić information content (AvgIpc) is 2.23. The lowest BCUT2D eigenvalue weighted by Gasteiger charge is -2.10. The molecule has 1 aromatic carbocycles. The molecule has 0 saturated heterocycles. The first-order valence-corrected chi connectivity index (χ1v) is 6.00. The molecule has 0 saturated carbocycles. The third-order valence-electron chi connectivity index (χ3n) is 2.06. The number of carbonyl (C=O) groups excluding carboxylic acids is 1. The number of amides is 2. The van der Waals surface area contributed by atoms with Crippen LogP contribution in [0.3, 0.4) is 0 Å². The van der Waals surface area contributed by atoms with E-state index in [9.17, 15) is 4.79 Å². The van der Waals surface area contributed by atoms with E-state index in [0.29, 0.717) is 22.3 Å². The second kappa shape index (κ2) is 6.69. The Bertz CT molecular complexity index is 396. The molecule has 0 spiro atoms. The topological polar surface area (TPSA) is 67.1 Å². The van der Waals surface area contributed by atoms with Gasteiger partial charge in [-0.25, -0.2) is 4.79 Å². The van der Waals surface area contributed by atoms with Gasteiger partial charge >= 0.3 is 6.03 Å². The highest BCUT2D eigenvalue weighted by Gasteiger charge is 2.06. The third kappa shape index (κ3) is 5.26. The molecule has 1 rings (SSSR count). The van der Waals surface area contributed by atoms with Crippen LogP contribution in [0.15, 0.2) is 18.2 Å². The van der Waals surface area contributed by atoms with Crippen molar-refractivity contribution >= 4 is 34.9 Å². The second-order valence-corrected chi connectivity index (χ2v) is 4.61. The van der Waals surface area contributed by atoms with Crippen molar-refractivity contribution in [1.29, 1.82) is 0 Å². The lowest BCUT2D eigenvalue weighted by Crippen LogP contribution is -2.32. The molecule has 0 aliphatic heterocycles. The van der Waals surface area contributed by atoms with E-state index in [4.69, 9.17) is 28.9 Å². The zero-order valence-electron chi connectivity index (χ0n) is 9.47. The van der Waals surface area contributed by atoms with Crippen LogP contribution in [0.5, 0.6) is 0 Å². The monoisotopic (exact) mass is 275 g/mol. The third-order valence-corrected chi connectivity index (χ3v) is 2.63. The van der Waals surface area contributed by atoms with E-state index in [-0.39, 0.29) is 12.1 Å². The molecule has 0 heterocycles. The largest absolute Gasteiger partial charge is 0.338 e. The van der Waals surface area contributed by atoms with Crippen molar-refractivity contribution < 1.29 is 4.79 Å². The van der Waals surface area contributed by atoms with Crippen molar-refractivity contribution in [2.24, 2.45) is 5.73 Å². The molecule has 1 unspecified atom stereocenters. The van der Waals surface area contributed by atoms with Crippen molar-refractivity contribution in [3.63, 3.8) is 0 Å².